The highest BCUT2D eigenvalue weighted by atomic mass is 16.5. The minimum absolute atomic E-state index is 0.0676. The third kappa shape index (κ3) is 7.37. The van der Waals surface area contributed by atoms with Crippen LogP contribution in [0.1, 0.15) is 55.8 Å². The van der Waals surface area contributed by atoms with Gasteiger partial charge < -0.3 is 19.1 Å². The van der Waals surface area contributed by atoms with Crippen molar-refractivity contribution >= 4 is 5.97 Å². The highest BCUT2D eigenvalue weighted by Crippen LogP contribution is 2.31. The standard InChI is InChI=1S/C26H35NO4/c1-29-23-14-12-22(13-15-23)26(21-9-5-3-6-10-21)31-24-16-19-27(20-17-24)18-8-4-7-11-25(28)30-2/h3,5-6,9-10,12-15,24,26H,4,7-8,11,16-20H2,1-2H3. The number of benzene rings is 2. The minimum Gasteiger partial charge on any atom is -0.497 e. The molecule has 0 N–H and O–H groups in total. The summed E-state index contributed by atoms with van der Waals surface area (Å²) in [5.41, 5.74) is 2.33. The van der Waals surface area contributed by atoms with Gasteiger partial charge in [-0.05, 0) is 55.5 Å². The van der Waals surface area contributed by atoms with E-state index < -0.39 is 0 Å². The van der Waals surface area contributed by atoms with Gasteiger partial charge in [0.25, 0.3) is 0 Å². The molecule has 1 saturated heterocycles. The zero-order valence-corrected chi connectivity index (χ0v) is 18.8. The molecule has 0 bridgehead atoms. The molecule has 0 amide bonds. The van der Waals surface area contributed by atoms with Crippen LogP contribution in [0.4, 0.5) is 0 Å². The van der Waals surface area contributed by atoms with E-state index in [9.17, 15) is 4.79 Å². The van der Waals surface area contributed by atoms with Crippen LogP contribution in [-0.4, -0.2) is 50.8 Å². The van der Waals surface area contributed by atoms with Crippen LogP contribution in [0.5, 0.6) is 5.75 Å². The SMILES string of the molecule is COC(=O)CCCCCN1CCC(OC(c2ccccc2)c2ccc(OC)cc2)CC1. The van der Waals surface area contributed by atoms with Gasteiger partial charge >= 0.3 is 5.97 Å². The molecular formula is C26H35NO4. The first kappa shape index (κ1) is 23.3. The Morgan fingerprint density at radius 3 is 2.26 bits per heavy atom. The number of rotatable bonds is 11. The van der Waals surface area contributed by atoms with Crippen LogP contribution in [0, 0.1) is 0 Å². The summed E-state index contributed by atoms with van der Waals surface area (Å²) in [4.78, 5) is 13.7. The van der Waals surface area contributed by atoms with Crippen molar-refractivity contribution in [2.75, 3.05) is 33.9 Å². The van der Waals surface area contributed by atoms with Crippen molar-refractivity contribution in [3.05, 3.63) is 65.7 Å². The Labute approximate surface area is 186 Å². The lowest BCUT2D eigenvalue weighted by molar-refractivity contribution is -0.140. The Kier molecular flexibility index (Phi) is 9.38. The lowest BCUT2D eigenvalue weighted by atomic mass is 10.00. The van der Waals surface area contributed by atoms with E-state index in [4.69, 9.17) is 14.2 Å². The fourth-order valence-electron chi connectivity index (χ4n) is 4.10. The quantitative estimate of drug-likeness (QED) is 0.375. The Hall–Kier alpha value is -2.37. The minimum atomic E-state index is -0.109. The fraction of sp³-hybridized carbons (Fsp3) is 0.500. The Balaban J connectivity index is 1.49. The van der Waals surface area contributed by atoms with Crippen molar-refractivity contribution in [2.24, 2.45) is 0 Å². The zero-order valence-electron chi connectivity index (χ0n) is 18.8. The fourth-order valence-corrected chi connectivity index (χ4v) is 4.10. The molecule has 2 aromatic carbocycles. The van der Waals surface area contributed by atoms with E-state index in [1.165, 1.54) is 12.7 Å². The maximum atomic E-state index is 11.2. The van der Waals surface area contributed by atoms with Crippen LogP contribution in [0.25, 0.3) is 0 Å². The molecular weight excluding hydrogens is 390 g/mol. The van der Waals surface area contributed by atoms with E-state index in [1.54, 1.807) is 7.11 Å². The Morgan fingerprint density at radius 1 is 0.935 bits per heavy atom. The van der Waals surface area contributed by atoms with Crippen molar-refractivity contribution in [3.63, 3.8) is 0 Å². The van der Waals surface area contributed by atoms with Crippen LogP contribution in [0.2, 0.25) is 0 Å². The monoisotopic (exact) mass is 425 g/mol. The summed E-state index contributed by atoms with van der Waals surface area (Å²) < 4.78 is 16.7. The highest BCUT2D eigenvalue weighted by Gasteiger charge is 2.24. The average molecular weight is 426 g/mol. The van der Waals surface area contributed by atoms with Crippen molar-refractivity contribution in [1.82, 2.24) is 4.90 Å². The van der Waals surface area contributed by atoms with Crippen LogP contribution in [0.3, 0.4) is 0 Å². The van der Waals surface area contributed by atoms with E-state index >= 15 is 0 Å². The number of esters is 1. The molecule has 31 heavy (non-hydrogen) atoms. The van der Waals surface area contributed by atoms with E-state index in [0.29, 0.717) is 6.42 Å². The van der Waals surface area contributed by atoms with Gasteiger partial charge in [-0.2, -0.15) is 0 Å². The van der Waals surface area contributed by atoms with Crippen LogP contribution in [0.15, 0.2) is 54.6 Å². The van der Waals surface area contributed by atoms with Gasteiger partial charge in [0, 0.05) is 19.5 Å². The molecule has 2 aromatic rings. The van der Waals surface area contributed by atoms with Crippen molar-refractivity contribution in [1.29, 1.82) is 0 Å². The summed E-state index contributed by atoms with van der Waals surface area (Å²) in [6.45, 7) is 3.21. The molecule has 1 aliphatic heterocycles. The average Bonchev–Trinajstić information content (AvgIpc) is 2.83. The normalized spacial score (nSPS) is 16.1. The summed E-state index contributed by atoms with van der Waals surface area (Å²) >= 11 is 0. The number of carbonyl (C=O) groups is 1. The van der Waals surface area contributed by atoms with Crippen LogP contribution in [-0.2, 0) is 14.3 Å². The molecule has 1 aliphatic rings. The maximum absolute atomic E-state index is 11.2. The summed E-state index contributed by atoms with van der Waals surface area (Å²) in [6.07, 6.45) is 5.90. The van der Waals surface area contributed by atoms with Gasteiger partial charge in [-0.25, -0.2) is 0 Å². The number of likely N-dealkylation sites (tertiary alicyclic amines) is 1. The van der Waals surface area contributed by atoms with Gasteiger partial charge in [0.2, 0.25) is 0 Å². The smallest absolute Gasteiger partial charge is 0.305 e. The summed E-state index contributed by atoms with van der Waals surface area (Å²) in [5.74, 6) is 0.748. The van der Waals surface area contributed by atoms with E-state index in [0.717, 1.165) is 63.1 Å². The summed E-state index contributed by atoms with van der Waals surface area (Å²) in [6, 6.07) is 18.6. The van der Waals surface area contributed by atoms with Crippen molar-refractivity contribution in [3.8, 4) is 5.75 Å². The third-order valence-corrected chi connectivity index (χ3v) is 5.97. The van der Waals surface area contributed by atoms with Crippen LogP contribution >= 0.6 is 0 Å². The van der Waals surface area contributed by atoms with E-state index in [-0.39, 0.29) is 18.2 Å². The number of hydrogen-bond donors (Lipinski definition) is 0. The van der Waals surface area contributed by atoms with E-state index in [1.807, 2.05) is 18.2 Å². The predicted octanol–water partition coefficient (Wildman–Crippen LogP) is 5.00. The molecule has 1 unspecified atom stereocenters. The summed E-state index contributed by atoms with van der Waals surface area (Å²) in [5, 5.41) is 0. The number of piperidine rings is 1. The molecule has 5 heteroatoms. The van der Waals surface area contributed by atoms with E-state index in [2.05, 4.69) is 41.3 Å². The van der Waals surface area contributed by atoms with Crippen LogP contribution < -0.4 is 4.74 Å². The lowest BCUT2D eigenvalue weighted by Crippen LogP contribution is -2.38. The molecule has 0 spiro atoms. The molecule has 1 heterocycles. The Morgan fingerprint density at radius 2 is 1.61 bits per heavy atom. The summed E-state index contributed by atoms with van der Waals surface area (Å²) in [7, 11) is 3.14. The lowest BCUT2D eigenvalue weighted by Gasteiger charge is -2.34. The second-order valence-corrected chi connectivity index (χ2v) is 8.13. The second-order valence-electron chi connectivity index (χ2n) is 8.13. The van der Waals surface area contributed by atoms with Gasteiger partial charge in [0.1, 0.15) is 11.9 Å². The van der Waals surface area contributed by atoms with Crippen molar-refractivity contribution in [2.45, 2.75) is 50.7 Å². The molecule has 1 atom stereocenters. The molecule has 0 radical (unpaired) electrons. The number of methoxy groups -OCH3 is 2. The number of ether oxygens (including phenoxy) is 3. The predicted molar refractivity (Wildman–Crippen MR) is 122 cm³/mol. The van der Waals surface area contributed by atoms with Gasteiger partial charge in [0.15, 0.2) is 0 Å². The second kappa shape index (κ2) is 12.5. The number of unbranched alkanes of at least 4 members (excludes halogenated alkanes) is 2. The number of nitrogens with zero attached hydrogens (tertiary/aromatic N) is 1. The zero-order chi connectivity index (χ0) is 21.9. The molecule has 5 nitrogen and oxygen atoms in total. The maximum Gasteiger partial charge on any atom is 0.305 e. The Bertz CT molecular complexity index is 770. The first-order valence-corrected chi connectivity index (χ1v) is 11.3. The molecule has 0 aliphatic carbocycles. The van der Waals surface area contributed by atoms with Gasteiger partial charge in [-0.3, -0.25) is 4.79 Å². The van der Waals surface area contributed by atoms with Gasteiger partial charge in [0.05, 0.1) is 20.3 Å². The molecule has 1 fully saturated rings. The van der Waals surface area contributed by atoms with Gasteiger partial charge in [-0.15, -0.1) is 0 Å². The van der Waals surface area contributed by atoms with Crippen molar-refractivity contribution < 1.29 is 19.0 Å². The number of hydrogen-bond acceptors (Lipinski definition) is 5. The first-order chi connectivity index (χ1) is 15.2. The molecule has 168 valence electrons. The molecule has 3 rings (SSSR count). The first-order valence-electron chi connectivity index (χ1n) is 11.3. The number of carbonyl (C=O) groups excluding carboxylic acids is 1. The largest absolute Gasteiger partial charge is 0.497 e. The molecule has 0 saturated carbocycles. The highest BCUT2D eigenvalue weighted by molar-refractivity contribution is 5.68. The molecule has 0 aromatic heterocycles. The van der Waals surface area contributed by atoms with Gasteiger partial charge in [-0.1, -0.05) is 48.9 Å². The third-order valence-electron chi connectivity index (χ3n) is 5.97. The topological polar surface area (TPSA) is 48.0 Å².